The third kappa shape index (κ3) is 3.99. The summed E-state index contributed by atoms with van der Waals surface area (Å²) in [4.78, 5) is 10.2. The first-order valence-electron chi connectivity index (χ1n) is 5.03. The van der Waals surface area contributed by atoms with Gasteiger partial charge in [-0.15, -0.1) is 0 Å². The fourth-order valence-electron chi connectivity index (χ4n) is 1.18. The smallest absolute Gasteiger partial charge is 0.161 e. The van der Waals surface area contributed by atoms with Crippen LogP contribution in [-0.2, 0) is 0 Å². The molecule has 1 N–H and O–H groups in total. The van der Waals surface area contributed by atoms with Gasteiger partial charge in [-0.2, -0.15) is 0 Å². The number of carbonyl (C=O) groups excluding carboxylic acids is 1. The van der Waals surface area contributed by atoms with Crippen molar-refractivity contribution in [1.29, 1.82) is 0 Å². The molecule has 0 unspecified atom stereocenters. The van der Waals surface area contributed by atoms with Crippen LogP contribution in [0, 0.1) is 0 Å². The van der Waals surface area contributed by atoms with Gasteiger partial charge in [0.25, 0.3) is 0 Å². The molecular weight excluding hydrogens is 216 g/mol. The number of aldehydes is 1. The molecule has 0 spiro atoms. The number of methoxy groups -OCH3 is 1. The predicted molar refractivity (Wildman–Crippen MR) is 67.5 cm³/mol. The number of aromatic hydroxyl groups is 1. The molecule has 0 fully saturated rings. The van der Waals surface area contributed by atoms with E-state index in [-0.39, 0.29) is 5.75 Å². The van der Waals surface area contributed by atoms with Gasteiger partial charge in [0.05, 0.1) is 7.11 Å². The summed E-state index contributed by atoms with van der Waals surface area (Å²) in [6.45, 7) is 3.68. The molecule has 3 heteroatoms. The molecule has 0 atom stereocenters. The summed E-state index contributed by atoms with van der Waals surface area (Å²) in [7, 11) is 1.43. The topological polar surface area (TPSA) is 46.5 Å². The number of phenolic OH excluding ortho intramolecular Hbond substituents is 1. The second-order valence-electron chi connectivity index (χ2n) is 3.34. The van der Waals surface area contributed by atoms with E-state index in [1.165, 1.54) is 25.3 Å². The quantitative estimate of drug-likeness (QED) is 0.794. The Balaban J connectivity index is 0.000000202. The average Bonchev–Trinajstić information content (AvgIpc) is 2.82. The molecular formula is C14H14O3. The highest BCUT2D eigenvalue weighted by atomic mass is 16.5. The van der Waals surface area contributed by atoms with Crippen LogP contribution in [0.4, 0.5) is 0 Å². The summed E-state index contributed by atoms with van der Waals surface area (Å²) in [5.74, 6) is 0.354. The monoisotopic (exact) mass is 230 g/mol. The van der Waals surface area contributed by atoms with Gasteiger partial charge in [0.1, 0.15) is 6.29 Å². The molecule has 0 bridgehead atoms. The number of allylic oxidation sites excluding steroid dienone is 5. The minimum Gasteiger partial charge on any atom is -0.504 e. The standard InChI is InChI=1S/C8H8O3.C6H6/c1-11-8-4-6(5-9)2-3-7(8)10;1-6-4-2-3-5-6/h2-5,10H,1H3;2-5H,1H2. The van der Waals surface area contributed by atoms with Crippen LogP contribution < -0.4 is 4.74 Å². The van der Waals surface area contributed by atoms with Crippen LogP contribution in [0.2, 0.25) is 0 Å². The van der Waals surface area contributed by atoms with Crippen molar-refractivity contribution in [2.45, 2.75) is 0 Å². The molecule has 0 amide bonds. The molecule has 0 saturated carbocycles. The molecule has 0 radical (unpaired) electrons. The Labute approximate surface area is 100 Å². The summed E-state index contributed by atoms with van der Waals surface area (Å²) < 4.78 is 4.78. The van der Waals surface area contributed by atoms with Crippen molar-refractivity contribution >= 4 is 6.29 Å². The lowest BCUT2D eigenvalue weighted by molar-refractivity contribution is 0.112. The number of hydrogen-bond donors (Lipinski definition) is 1. The maximum absolute atomic E-state index is 10.2. The molecule has 1 aliphatic rings. The van der Waals surface area contributed by atoms with Gasteiger partial charge in [0, 0.05) is 5.56 Å². The first-order valence-corrected chi connectivity index (χ1v) is 5.03. The van der Waals surface area contributed by atoms with Crippen molar-refractivity contribution in [3.8, 4) is 11.5 Å². The Morgan fingerprint density at radius 2 is 1.94 bits per heavy atom. The van der Waals surface area contributed by atoms with Crippen LogP contribution in [0.15, 0.2) is 54.7 Å². The number of carbonyl (C=O) groups is 1. The first-order chi connectivity index (χ1) is 8.17. The molecule has 2 rings (SSSR count). The van der Waals surface area contributed by atoms with E-state index < -0.39 is 0 Å². The summed E-state index contributed by atoms with van der Waals surface area (Å²) in [5, 5.41) is 9.09. The van der Waals surface area contributed by atoms with Gasteiger partial charge >= 0.3 is 0 Å². The van der Waals surface area contributed by atoms with E-state index in [2.05, 4.69) is 6.58 Å². The number of benzene rings is 1. The van der Waals surface area contributed by atoms with Crippen molar-refractivity contribution in [1.82, 2.24) is 0 Å². The van der Waals surface area contributed by atoms with Crippen molar-refractivity contribution < 1.29 is 14.6 Å². The van der Waals surface area contributed by atoms with E-state index in [0.29, 0.717) is 17.6 Å². The van der Waals surface area contributed by atoms with Crippen molar-refractivity contribution in [2.75, 3.05) is 7.11 Å². The lowest BCUT2D eigenvalue weighted by Gasteiger charge is -2.01. The molecule has 88 valence electrons. The molecule has 1 aromatic rings. The maximum Gasteiger partial charge on any atom is 0.161 e. The maximum atomic E-state index is 10.2. The Kier molecular flexibility index (Phi) is 4.76. The minimum absolute atomic E-state index is 0.0399. The second kappa shape index (κ2) is 6.33. The molecule has 1 aromatic carbocycles. The van der Waals surface area contributed by atoms with Gasteiger partial charge in [-0.25, -0.2) is 0 Å². The van der Waals surface area contributed by atoms with Gasteiger partial charge in [0.15, 0.2) is 11.5 Å². The molecule has 0 aromatic heterocycles. The Bertz CT molecular complexity index is 456. The molecule has 0 heterocycles. The Hall–Kier alpha value is -2.29. The van der Waals surface area contributed by atoms with Gasteiger partial charge in [0.2, 0.25) is 0 Å². The largest absolute Gasteiger partial charge is 0.504 e. The molecule has 1 aliphatic carbocycles. The third-order valence-electron chi connectivity index (χ3n) is 2.07. The second-order valence-corrected chi connectivity index (χ2v) is 3.34. The molecule has 3 nitrogen and oxygen atoms in total. The average molecular weight is 230 g/mol. The van der Waals surface area contributed by atoms with Crippen LogP contribution in [0.25, 0.3) is 0 Å². The van der Waals surface area contributed by atoms with Crippen LogP contribution >= 0.6 is 0 Å². The lowest BCUT2D eigenvalue weighted by atomic mass is 10.2. The van der Waals surface area contributed by atoms with Gasteiger partial charge < -0.3 is 9.84 Å². The Morgan fingerprint density at radius 1 is 1.29 bits per heavy atom. The SMILES string of the molecule is C=C1C=CC=C1.COc1cc(C=O)ccc1O. The normalized spacial score (nSPS) is 11.9. The zero-order chi connectivity index (χ0) is 12.7. The van der Waals surface area contributed by atoms with E-state index in [0.717, 1.165) is 5.57 Å². The number of ether oxygens (including phenoxy) is 1. The summed E-state index contributed by atoms with van der Waals surface area (Å²) >= 11 is 0. The van der Waals surface area contributed by atoms with E-state index in [4.69, 9.17) is 9.84 Å². The van der Waals surface area contributed by atoms with E-state index >= 15 is 0 Å². The molecule has 0 aliphatic heterocycles. The van der Waals surface area contributed by atoms with Gasteiger partial charge in [-0.1, -0.05) is 30.9 Å². The zero-order valence-electron chi connectivity index (χ0n) is 9.59. The van der Waals surface area contributed by atoms with Gasteiger partial charge in [-0.05, 0) is 23.8 Å². The molecule has 0 saturated heterocycles. The van der Waals surface area contributed by atoms with E-state index in [1.807, 2.05) is 24.3 Å². The number of rotatable bonds is 2. The van der Waals surface area contributed by atoms with E-state index in [9.17, 15) is 4.79 Å². The zero-order valence-corrected chi connectivity index (χ0v) is 9.59. The van der Waals surface area contributed by atoms with Crippen LogP contribution in [-0.4, -0.2) is 18.5 Å². The minimum atomic E-state index is 0.0399. The van der Waals surface area contributed by atoms with Crippen LogP contribution in [0.3, 0.4) is 0 Å². The van der Waals surface area contributed by atoms with Crippen molar-refractivity contribution in [2.24, 2.45) is 0 Å². The highest BCUT2D eigenvalue weighted by molar-refractivity contribution is 5.76. The number of hydrogen-bond acceptors (Lipinski definition) is 3. The summed E-state index contributed by atoms with van der Waals surface area (Å²) in [5.41, 5.74) is 1.58. The summed E-state index contributed by atoms with van der Waals surface area (Å²) in [6.07, 6.45) is 8.59. The summed E-state index contributed by atoms with van der Waals surface area (Å²) in [6, 6.07) is 4.41. The fraction of sp³-hybridized carbons (Fsp3) is 0.0714. The van der Waals surface area contributed by atoms with Crippen LogP contribution in [0.5, 0.6) is 11.5 Å². The highest BCUT2D eigenvalue weighted by Crippen LogP contribution is 2.25. The highest BCUT2D eigenvalue weighted by Gasteiger charge is 2.00. The Morgan fingerprint density at radius 3 is 2.35 bits per heavy atom. The van der Waals surface area contributed by atoms with E-state index in [1.54, 1.807) is 0 Å². The van der Waals surface area contributed by atoms with Gasteiger partial charge in [-0.3, -0.25) is 4.79 Å². The fourth-order valence-corrected chi connectivity index (χ4v) is 1.18. The van der Waals surface area contributed by atoms with Crippen molar-refractivity contribution in [3.63, 3.8) is 0 Å². The third-order valence-corrected chi connectivity index (χ3v) is 2.07. The first kappa shape index (κ1) is 12.8. The number of phenols is 1. The van der Waals surface area contributed by atoms with Crippen molar-refractivity contribution in [3.05, 3.63) is 60.2 Å². The lowest BCUT2D eigenvalue weighted by Crippen LogP contribution is -1.85. The van der Waals surface area contributed by atoms with Crippen LogP contribution in [0.1, 0.15) is 10.4 Å². The molecule has 17 heavy (non-hydrogen) atoms. The predicted octanol–water partition coefficient (Wildman–Crippen LogP) is 2.88.